The first-order chi connectivity index (χ1) is 7.77. The molecule has 0 spiro atoms. The Balaban J connectivity index is 1.98. The van der Waals surface area contributed by atoms with Crippen molar-refractivity contribution in [3.63, 3.8) is 0 Å². The lowest BCUT2D eigenvalue weighted by molar-refractivity contribution is -0.148. The Morgan fingerprint density at radius 1 is 1.50 bits per heavy atom. The molecule has 0 radical (unpaired) electrons. The minimum Gasteiger partial charge on any atom is -0.468 e. The van der Waals surface area contributed by atoms with E-state index >= 15 is 0 Å². The van der Waals surface area contributed by atoms with E-state index in [2.05, 4.69) is 5.32 Å². The molecule has 0 aromatic carbocycles. The van der Waals surface area contributed by atoms with Gasteiger partial charge >= 0.3 is 5.97 Å². The highest BCUT2D eigenvalue weighted by Crippen LogP contribution is 2.35. The van der Waals surface area contributed by atoms with E-state index in [-0.39, 0.29) is 11.5 Å². The smallest absolute Gasteiger partial charge is 0.326 e. The summed E-state index contributed by atoms with van der Waals surface area (Å²) in [6.45, 7) is 0.951. The summed E-state index contributed by atoms with van der Waals surface area (Å²) < 4.78 is 4.97. The van der Waals surface area contributed by atoms with Crippen molar-refractivity contribution in [2.45, 2.75) is 49.3 Å². The van der Waals surface area contributed by atoms with Crippen molar-refractivity contribution in [3.8, 4) is 0 Å². The summed E-state index contributed by atoms with van der Waals surface area (Å²) in [5.41, 5.74) is -0.371. The van der Waals surface area contributed by atoms with Gasteiger partial charge in [0.05, 0.1) is 7.11 Å². The van der Waals surface area contributed by atoms with Gasteiger partial charge in [-0.25, -0.2) is 0 Å². The van der Waals surface area contributed by atoms with Gasteiger partial charge in [0.25, 0.3) is 0 Å². The number of carbonyl (C=O) groups excluding carboxylic acids is 1. The van der Waals surface area contributed by atoms with Gasteiger partial charge in [0.1, 0.15) is 5.54 Å². The molecule has 2 fully saturated rings. The third kappa shape index (κ3) is 2.54. The molecule has 2 aliphatic heterocycles. The van der Waals surface area contributed by atoms with Crippen LogP contribution in [0.2, 0.25) is 0 Å². The van der Waals surface area contributed by atoms with Gasteiger partial charge in [-0.3, -0.25) is 4.79 Å². The number of thioether (sulfide) groups is 1. The molecule has 0 aromatic rings. The van der Waals surface area contributed by atoms with E-state index in [9.17, 15) is 4.79 Å². The predicted octanol–water partition coefficient (Wildman–Crippen LogP) is 1.96. The Kier molecular flexibility index (Phi) is 4.14. The monoisotopic (exact) mass is 243 g/mol. The van der Waals surface area contributed by atoms with Gasteiger partial charge in [-0.1, -0.05) is 6.42 Å². The molecule has 2 heterocycles. The molecule has 2 unspecified atom stereocenters. The SMILES string of the molecule is COC(=O)C1(CC2CCCCS2)CCCN1. The van der Waals surface area contributed by atoms with Crippen molar-refractivity contribution >= 4 is 17.7 Å². The van der Waals surface area contributed by atoms with E-state index in [1.165, 1.54) is 32.1 Å². The molecule has 1 N–H and O–H groups in total. The van der Waals surface area contributed by atoms with Gasteiger partial charge in [-0.2, -0.15) is 11.8 Å². The highest BCUT2D eigenvalue weighted by molar-refractivity contribution is 7.99. The van der Waals surface area contributed by atoms with Crippen LogP contribution in [0, 0.1) is 0 Å². The van der Waals surface area contributed by atoms with Crippen LogP contribution in [0.3, 0.4) is 0 Å². The summed E-state index contributed by atoms with van der Waals surface area (Å²) in [6, 6.07) is 0. The Labute approximate surface area is 102 Å². The van der Waals surface area contributed by atoms with E-state index in [0.717, 1.165) is 25.8 Å². The number of esters is 1. The first-order valence-corrected chi connectivity index (χ1v) is 7.27. The van der Waals surface area contributed by atoms with Crippen LogP contribution in [0.25, 0.3) is 0 Å². The first-order valence-electron chi connectivity index (χ1n) is 6.22. The number of nitrogens with one attached hydrogen (secondary N) is 1. The number of hydrogen-bond donors (Lipinski definition) is 1. The van der Waals surface area contributed by atoms with Gasteiger partial charge in [0, 0.05) is 5.25 Å². The molecular formula is C12H21NO2S. The number of carbonyl (C=O) groups is 1. The van der Waals surface area contributed by atoms with Gasteiger partial charge in [0.15, 0.2) is 0 Å². The van der Waals surface area contributed by atoms with Crippen LogP contribution in [0.4, 0.5) is 0 Å². The summed E-state index contributed by atoms with van der Waals surface area (Å²) in [5, 5.41) is 4.02. The van der Waals surface area contributed by atoms with Gasteiger partial charge < -0.3 is 10.1 Å². The summed E-state index contributed by atoms with van der Waals surface area (Å²) >= 11 is 2.03. The Morgan fingerprint density at radius 3 is 2.94 bits per heavy atom. The molecule has 16 heavy (non-hydrogen) atoms. The van der Waals surface area contributed by atoms with Crippen LogP contribution in [0.1, 0.15) is 38.5 Å². The third-order valence-electron chi connectivity index (χ3n) is 3.67. The van der Waals surface area contributed by atoms with Crippen molar-refractivity contribution in [3.05, 3.63) is 0 Å². The molecule has 0 saturated carbocycles. The molecule has 92 valence electrons. The average Bonchev–Trinajstić information content (AvgIpc) is 2.79. The van der Waals surface area contributed by atoms with Crippen molar-refractivity contribution in [1.82, 2.24) is 5.32 Å². The van der Waals surface area contributed by atoms with E-state index in [0.29, 0.717) is 5.25 Å². The second-order valence-corrected chi connectivity index (χ2v) is 6.20. The van der Waals surface area contributed by atoms with Crippen LogP contribution in [-0.2, 0) is 9.53 Å². The normalized spacial score (nSPS) is 34.9. The van der Waals surface area contributed by atoms with E-state index in [4.69, 9.17) is 4.74 Å². The molecule has 2 saturated heterocycles. The van der Waals surface area contributed by atoms with E-state index < -0.39 is 0 Å². The highest BCUT2D eigenvalue weighted by Gasteiger charge is 2.43. The molecule has 3 nitrogen and oxygen atoms in total. The quantitative estimate of drug-likeness (QED) is 0.769. The molecule has 0 aliphatic carbocycles. The maximum absolute atomic E-state index is 11.9. The average molecular weight is 243 g/mol. The lowest BCUT2D eigenvalue weighted by Crippen LogP contribution is -2.50. The fourth-order valence-corrected chi connectivity index (χ4v) is 4.23. The third-order valence-corrected chi connectivity index (χ3v) is 5.07. The lowest BCUT2D eigenvalue weighted by Gasteiger charge is -2.32. The van der Waals surface area contributed by atoms with Crippen LogP contribution in [0.5, 0.6) is 0 Å². The van der Waals surface area contributed by atoms with Crippen molar-refractivity contribution in [1.29, 1.82) is 0 Å². The summed E-state index contributed by atoms with van der Waals surface area (Å²) in [4.78, 5) is 11.9. The maximum atomic E-state index is 11.9. The second kappa shape index (κ2) is 5.41. The molecule has 0 amide bonds. The maximum Gasteiger partial charge on any atom is 0.326 e. The van der Waals surface area contributed by atoms with Crippen molar-refractivity contribution in [2.24, 2.45) is 0 Å². The molecule has 0 bridgehead atoms. The Bertz CT molecular complexity index is 245. The summed E-state index contributed by atoms with van der Waals surface area (Å²) in [6.07, 6.45) is 6.88. The van der Waals surface area contributed by atoms with Crippen molar-refractivity contribution in [2.75, 3.05) is 19.4 Å². The summed E-state index contributed by atoms with van der Waals surface area (Å²) in [7, 11) is 1.50. The number of ether oxygens (including phenoxy) is 1. The second-order valence-electron chi connectivity index (χ2n) is 4.80. The number of methoxy groups -OCH3 is 1. The minimum atomic E-state index is -0.371. The molecule has 2 rings (SSSR count). The number of rotatable bonds is 3. The Hall–Kier alpha value is -0.220. The van der Waals surface area contributed by atoms with Gasteiger partial charge in [0.2, 0.25) is 0 Å². The fraction of sp³-hybridized carbons (Fsp3) is 0.917. The minimum absolute atomic E-state index is 0.0591. The zero-order valence-corrected chi connectivity index (χ0v) is 10.8. The standard InChI is InChI=1S/C12H21NO2S/c1-15-11(14)12(6-4-7-13-12)9-10-5-2-3-8-16-10/h10,13H,2-9H2,1H3. The topological polar surface area (TPSA) is 38.3 Å². The van der Waals surface area contributed by atoms with E-state index in [1.807, 2.05) is 11.8 Å². The molecule has 4 heteroatoms. The van der Waals surface area contributed by atoms with Crippen LogP contribution in [-0.4, -0.2) is 36.2 Å². The van der Waals surface area contributed by atoms with Gasteiger partial charge in [-0.05, 0) is 44.4 Å². The lowest BCUT2D eigenvalue weighted by atomic mass is 9.90. The zero-order valence-electron chi connectivity index (χ0n) is 9.96. The zero-order chi connectivity index (χ0) is 11.4. The first kappa shape index (κ1) is 12.2. The largest absolute Gasteiger partial charge is 0.468 e. The highest BCUT2D eigenvalue weighted by atomic mass is 32.2. The molecule has 2 aliphatic rings. The molecule has 0 aromatic heterocycles. The Morgan fingerprint density at radius 2 is 2.38 bits per heavy atom. The predicted molar refractivity (Wildman–Crippen MR) is 66.7 cm³/mol. The van der Waals surface area contributed by atoms with Crippen LogP contribution in [0.15, 0.2) is 0 Å². The van der Waals surface area contributed by atoms with Gasteiger partial charge in [-0.15, -0.1) is 0 Å². The van der Waals surface area contributed by atoms with E-state index in [1.54, 1.807) is 0 Å². The van der Waals surface area contributed by atoms with Crippen molar-refractivity contribution < 1.29 is 9.53 Å². The number of hydrogen-bond acceptors (Lipinski definition) is 4. The van der Waals surface area contributed by atoms with Crippen LogP contribution >= 0.6 is 11.8 Å². The molecular weight excluding hydrogens is 222 g/mol. The molecule has 2 atom stereocenters. The van der Waals surface area contributed by atoms with Crippen LogP contribution < -0.4 is 5.32 Å². The summed E-state index contributed by atoms with van der Waals surface area (Å²) in [5.74, 6) is 1.19. The fourth-order valence-electron chi connectivity index (χ4n) is 2.79.